The molecule has 7 nitrogen and oxygen atoms in total. The van der Waals surface area contributed by atoms with E-state index in [1.54, 1.807) is 24.4 Å². The highest BCUT2D eigenvalue weighted by atomic mass is 32.2. The Labute approximate surface area is 160 Å². The number of hydrogen-bond donors (Lipinski definition) is 1. The summed E-state index contributed by atoms with van der Waals surface area (Å²) >= 11 is 1.32. The number of benzene rings is 2. The molecule has 0 aliphatic heterocycles. The van der Waals surface area contributed by atoms with Gasteiger partial charge < -0.3 is 5.11 Å². The molecule has 0 unspecified atom stereocenters. The number of aromatic nitrogens is 2. The smallest absolute Gasteiger partial charge is 0.270 e. The van der Waals surface area contributed by atoms with Crippen molar-refractivity contribution in [1.82, 2.24) is 9.97 Å². The Hall–Kier alpha value is -3.26. The molecule has 8 heteroatoms. The third kappa shape index (κ3) is 4.89. The van der Waals surface area contributed by atoms with E-state index in [1.807, 2.05) is 19.9 Å². The lowest BCUT2D eigenvalue weighted by Gasteiger charge is -2.06. The Morgan fingerprint density at radius 3 is 2.37 bits per heavy atom. The van der Waals surface area contributed by atoms with Crippen LogP contribution in [0.15, 0.2) is 63.6 Å². The molecule has 0 fully saturated rings. The maximum Gasteiger partial charge on any atom is 0.270 e. The van der Waals surface area contributed by atoms with Crippen molar-refractivity contribution in [1.29, 1.82) is 0 Å². The maximum absolute atomic E-state index is 11.1. The molecule has 0 saturated heterocycles. The fourth-order valence-electron chi connectivity index (χ4n) is 2.36. The van der Waals surface area contributed by atoms with Crippen LogP contribution in [0.1, 0.15) is 17.0 Å². The Morgan fingerprint density at radius 1 is 1.07 bits per heavy atom. The van der Waals surface area contributed by atoms with Gasteiger partial charge >= 0.3 is 0 Å². The fourth-order valence-corrected chi connectivity index (χ4v) is 3.31. The number of non-ortho nitro benzene ring substituents is 1. The van der Waals surface area contributed by atoms with Gasteiger partial charge in [-0.3, -0.25) is 15.1 Å². The average Bonchev–Trinajstić information content (AvgIpc) is 2.61. The maximum atomic E-state index is 11.1. The number of aliphatic imine (C=N–C) groups is 1. The molecule has 136 valence electrons. The zero-order valence-electron chi connectivity index (χ0n) is 14.7. The van der Waals surface area contributed by atoms with Gasteiger partial charge in [-0.2, -0.15) is 0 Å². The van der Waals surface area contributed by atoms with Gasteiger partial charge in [0.1, 0.15) is 5.75 Å². The van der Waals surface area contributed by atoms with Gasteiger partial charge in [0.2, 0.25) is 0 Å². The summed E-state index contributed by atoms with van der Waals surface area (Å²) in [5.74, 6) is 0.146. The van der Waals surface area contributed by atoms with Gasteiger partial charge in [-0.15, -0.1) is 0 Å². The third-order valence-electron chi connectivity index (χ3n) is 3.57. The summed E-state index contributed by atoms with van der Waals surface area (Å²) in [5, 5.41) is 21.0. The summed E-state index contributed by atoms with van der Waals surface area (Å²) in [6.07, 6.45) is 1.56. The molecule has 0 aliphatic rings. The molecule has 0 amide bonds. The molecule has 0 bridgehead atoms. The molecule has 0 saturated carbocycles. The number of aryl methyl sites for hydroxylation is 2. The van der Waals surface area contributed by atoms with E-state index in [4.69, 9.17) is 0 Å². The summed E-state index contributed by atoms with van der Waals surface area (Å²) in [6, 6.07) is 12.8. The molecule has 1 heterocycles. The first kappa shape index (κ1) is 18.5. The standard InChI is InChI=1S/C19H16N4O3S/c1-12-9-13(2)22-19(21-12)27-18-8-5-16(23(25)26)10-14(18)11-20-15-3-6-17(24)7-4-15/h3-11,24H,1-2H3. The van der Waals surface area contributed by atoms with Gasteiger partial charge in [0.15, 0.2) is 5.16 Å². The molecule has 2 aromatic carbocycles. The second kappa shape index (κ2) is 7.96. The second-order valence-corrected chi connectivity index (χ2v) is 6.80. The molecule has 27 heavy (non-hydrogen) atoms. The van der Waals surface area contributed by atoms with E-state index in [2.05, 4.69) is 15.0 Å². The summed E-state index contributed by atoms with van der Waals surface area (Å²) in [5.41, 5.74) is 2.90. The molecule has 1 N–H and O–H groups in total. The molecule has 0 spiro atoms. The highest BCUT2D eigenvalue weighted by molar-refractivity contribution is 7.99. The van der Waals surface area contributed by atoms with Crippen molar-refractivity contribution >= 4 is 29.4 Å². The van der Waals surface area contributed by atoms with Crippen LogP contribution < -0.4 is 0 Å². The van der Waals surface area contributed by atoms with Gasteiger partial charge in [-0.1, -0.05) is 0 Å². The number of hydrogen-bond acceptors (Lipinski definition) is 7. The third-order valence-corrected chi connectivity index (χ3v) is 4.53. The first-order valence-electron chi connectivity index (χ1n) is 8.02. The van der Waals surface area contributed by atoms with Gasteiger partial charge in [0.25, 0.3) is 5.69 Å². The van der Waals surface area contributed by atoms with E-state index < -0.39 is 4.92 Å². The van der Waals surface area contributed by atoms with Gasteiger partial charge in [-0.05, 0) is 62.0 Å². The van der Waals surface area contributed by atoms with Gasteiger partial charge in [-0.25, -0.2) is 9.97 Å². The van der Waals surface area contributed by atoms with Crippen LogP contribution in [-0.2, 0) is 0 Å². The molecule has 0 atom stereocenters. The van der Waals surface area contributed by atoms with Crippen LogP contribution in [0, 0.1) is 24.0 Å². The van der Waals surface area contributed by atoms with Crippen molar-refractivity contribution < 1.29 is 10.0 Å². The quantitative estimate of drug-likeness (QED) is 0.300. The van der Waals surface area contributed by atoms with Crippen LogP contribution in [0.5, 0.6) is 5.75 Å². The van der Waals surface area contributed by atoms with E-state index in [0.29, 0.717) is 16.4 Å². The highest BCUT2D eigenvalue weighted by Crippen LogP contribution is 2.30. The van der Waals surface area contributed by atoms with Gasteiger partial charge in [0, 0.05) is 40.2 Å². The zero-order valence-corrected chi connectivity index (χ0v) is 15.5. The number of nitrogens with zero attached hydrogens (tertiary/aromatic N) is 4. The fraction of sp³-hybridized carbons (Fsp3) is 0.105. The number of nitro groups is 1. The average molecular weight is 380 g/mol. The summed E-state index contributed by atoms with van der Waals surface area (Å²) in [7, 11) is 0. The number of aromatic hydroxyl groups is 1. The Morgan fingerprint density at radius 2 is 1.74 bits per heavy atom. The lowest BCUT2D eigenvalue weighted by atomic mass is 10.2. The summed E-state index contributed by atoms with van der Waals surface area (Å²) < 4.78 is 0. The largest absolute Gasteiger partial charge is 0.508 e. The highest BCUT2D eigenvalue weighted by Gasteiger charge is 2.12. The van der Waals surface area contributed by atoms with Crippen molar-refractivity contribution in [3.05, 3.63) is 75.6 Å². The normalized spacial score (nSPS) is 11.0. The van der Waals surface area contributed by atoms with Crippen LogP contribution in [0.2, 0.25) is 0 Å². The van der Waals surface area contributed by atoms with Crippen LogP contribution in [0.25, 0.3) is 0 Å². The SMILES string of the molecule is Cc1cc(C)nc(Sc2ccc([N+](=O)[O-])cc2C=Nc2ccc(O)cc2)n1. The Bertz CT molecular complexity index is 1000. The van der Waals surface area contributed by atoms with E-state index in [-0.39, 0.29) is 11.4 Å². The van der Waals surface area contributed by atoms with E-state index in [0.717, 1.165) is 16.3 Å². The monoisotopic (exact) mass is 380 g/mol. The lowest BCUT2D eigenvalue weighted by molar-refractivity contribution is -0.384. The number of nitro benzene ring substituents is 1. The topological polar surface area (TPSA) is 102 Å². The van der Waals surface area contributed by atoms with E-state index >= 15 is 0 Å². The first-order chi connectivity index (χ1) is 12.9. The zero-order chi connectivity index (χ0) is 19.4. The second-order valence-electron chi connectivity index (χ2n) is 5.79. The molecule has 3 aromatic rings. The molecule has 3 rings (SSSR count). The minimum Gasteiger partial charge on any atom is -0.508 e. The van der Waals surface area contributed by atoms with Crippen molar-refractivity contribution in [2.75, 3.05) is 0 Å². The van der Waals surface area contributed by atoms with Crippen molar-refractivity contribution in [3.8, 4) is 5.75 Å². The minimum atomic E-state index is -0.445. The predicted octanol–water partition coefficient (Wildman–Crippen LogP) is 4.61. The van der Waals surface area contributed by atoms with Crippen LogP contribution in [0.4, 0.5) is 11.4 Å². The summed E-state index contributed by atoms with van der Waals surface area (Å²) in [4.78, 5) is 24.6. The Balaban J connectivity index is 1.97. The van der Waals surface area contributed by atoms with Crippen molar-refractivity contribution in [2.45, 2.75) is 23.9 Å². The van der Waals surface area contributed by atoms with E-state index in [9.17, 15) is 15.2 Å². The minimum absolute atomic E-state index is 0.0205. The number of phenolic OH excluding ortho intramolecular Hbond substituents is 1. The molecule has 0 radical (unpaired) electrons. The van der Waals surface area contributed by atoms with E-state index in [1.165, 1.54) is 36.0 Å². The van der Waals surface area contributed by atoms with Crippen molar-refractivity contribution in [2.24, 2.45) is 4.99 Å². The first-order valence-corrected chi connectivity index (χ1v) is 8.84. The number of phenols is 1. The number of rotatable bonds is 5. The molecule has 1 aromatic heterocycles. The van der Waals surface area contributed by atoms with Crippen LogP contribution in [-0.4, -0.2) is 26.2 Å². The van der Waals surface area contributed by atoms with Crippen LogP contribution >= 0.6 is 11.8 Å². The van der Waals surface area contributed by atoms with Crippen molar-refractivity contribution in [3.63, 3.8) is 0 Å². The predicted molar refractivity (Wildman–Crippen MR) is 104 cm³/mol. The molecular weight excluding hydrogens is 364 g/mol. The van der Waals surface area contributed by atoms with Gasteiger partial charge in [0.05, 0.1) is 10.6 Å². The Kier molecular flexibility index (Phi) is 5.46. The summed E-state index contributed by atoms with van der Waals surface area (Å²) in [6.45, 7) is 3.78. The molecule has 0 aliphatic carbocycles. The van der Waals surface area contributed by atoms with Crippen LogP contribution in [0.3, 0.4) is 0 Å². The lowest BCUT2D eigenvalue weighted by Crippen LogP contribution is -1.95. The molecular formula is C19H16N4O3S.